The van der Waals surface area contributed by atoms with E-state index in [4.69, 9.17) is 4.74 Å². The van der Waals surface area contributed by atoms with Gasteiger partial charge in [-0.15, -0.1) is 0 Å². The average Bonchev–Trinajstić information content (AvgIpc) is 2.45. The Kier molecular flexibility index (Phi) is 4.38. The molecular formula is C15H12BrF3O. The van der Waals surface area contributed by atoms with Crippen molar-refractivity contribution in [3.05, 3.63) is 53.6 Å². The molecule has 5 heteroatoms. The number of methoxy groups -OCH3 is 1. The minimum Gasteiger partial charge on any atom is -0.496 e. The molecule has 0 heterocycles. The fourth-order valence-electron chi connectivity index (χ4n) is 1.93. The summed E-state index contributed by atoms with van der Waals surface area (Å²) in [7, 11) is 1.50. The van der Waals surface area contributed by atoms with Gasteiger partial charge in [0.1, 0.15) is 5.75 Å². The third kappa shape index (κ3) is 3.15. The lowest BCUT2D eigenvalue weighted by Gasteiger charge is -2.12. The molecule has 0 amide bonds. The number of rotatable bonds is 3. The first kappa shape index (κ1) is 14.9. The monoisotopic (exact) mass is 344 g/mol. The summed E-state index contributed by atoms with van der Waals surface area (Å²) < 4.78 is 43.5. The number of halogens is 4. The van der Waals surface area contributed by atoms with Gasteiger partial charge in [-0.25, -0.2) is 0 Å². The molecule has 0 radical (unpaired) electrons. The zero-order chi connectivity index (χ0) is 14.8. The Morgan fingerprint density at radius 1 is 1.10 bits per heavy atom. The van der Waals surface area contributed by atoms with Gasteiger partial charge < -0.3 is 4.74 Å². The van der Waals surface area contributed by atoms with Crippen molar-refractivity contribution in [2.45, 2.75) is 11.5 Å². The van der Waals surface area contributed by atoms with Crippen LogP contribution in [0.2, 0.25) is 0 Å². The fraction of sp³-hybridized carbons (Fsp3) is 0.200. The van der Waals surface area contributed by atoms with Gasteiger partial charge in [0.2, 0.25) is 0 Å². The second kappa shape index (κ2) is 5.87. The largest absolute Gasteiger partial charge is 0.496 e. The molecule has 0 saturated carbocycles. The van der Waals surface area contributed by atoms with Crippen LogP contribution in [0.5, 0.6) is 5.75 Å². The van der Waals surface area contributed by atoms with Crippen LogP contribution < -0.4 is 4.74 Å². The van der Waals surface area contributed by atoms with Crippen molar-refractivity contribution in [2.24, 2.45) is 0 Å². The quantitative estimate of drug-likeness (QED) is 0.688. The van der Waals surface area contributed by atoms with Crippen molar-refractivity contribution in [1.82, 2.24) is 0 Å². The molecule has 0 aliphatic rings. The normalized spacial score (nSPS) is 11.4. The molecule has 0 atom stereocenters. The Hall–Kier alpha value is -1.49. The highest BCUT2D eigenvalue weighted by atomic mass is 79.9. The van der Waals surface area contributed by atoms with Crippen molar-refractivity contribution in [3.63, 3.8) is 0 Å². The maximum absolute atomic E-state index is 12.8. The van der Waals surface area contributed by atoms with Gasteiger partial charge in [0, 0.05) is 10.9 Å². The van der Waals surface area contributed by atoms with Crippen LogP contribution >= 0.6 is 15.9 Å². The summed E-state index contributed by atoms with van der Waals surface area (Å²) in [5.41, 5.74) is 1.44. The second-order valence-electron chi connectivity index (χ2n) is 4.25. The molecule has 106 valence electrons. The first-order valence-corrected chi connectivity index (χ1v) is 6.98. The Bertz CT molecular complexity index is 608. The second-order valence-corrected chi connectivity index (χ2v) is 4.81. The Morgan fingerprint density at radius 2 is 1.85 bits per heavy atom. The van der Waals surface area contributed by atoms with Crippen molar-refractivity contribution < 1.29 is 17.9 Å². The van der Waals surface area contributed by atoms with Gasteiger partial charge in [-0.3, -0.25) is 0 Å². The first-order chi connectivity index (χ1) is 9.45. The molecular weight excluding hydrogens is 333 g/mol. The Morgan fingerprint density at radius 3 is 2.45 bits per heavy atom. The van der Waals surface area contributed by atoms with E-state index in [1.807, 2.05) is 12.1 Å². The molecule has 0 saturated heterocycles. The molecule has 2 rings (SSSR count). The minimum atomic E-state index is -4.35. The third-order valence-electron chi connectivity index (χ3n) is 2.92. The van der Waals surface area contributed by atoms with Crippen molar-refractivity contribution in [3.8, 4) is 16.9 Å². The van der Waals surface area contributed by atoms with Gasteiger partial charge in [0.05, 0.1) is 12.7 Å². The summed E-state index contributed by atoms with van der Waals surface area (Å²) in [6, 6.07) is 10.7. The van der Waals surface area contributed by atoms with Crippen LogP contribution in [0.15, 0.2) is 42.5 Å². The maximum atomic E-state index is 12.8. The Labute approximate surface area is 123 Å². The van der Waals surface area contributed by atoms with Crippen molar-refractivity contribution in [1.29, 1.82) is 0 Å². The summed E-state index contributed by atoms with van der Waals surface area (Å²) in [6.45, 7) is 0. The lowest BCUT2D eigenvalue weighted by Crippen LogP contribution is -2.04. The average molecular weight is 345 g/mol. The van der Waals surface area contributed by atoms with Crippen LogP contribution in [-0.4, -0.2) is 7.11 Å². The highest BCUT2D eigenvalue weighted by Crippen LogP contribution is 2.36. The number of alkyl halides is 4. The van der Waals surface area contributed by atoms with Crippen LogP contribution in [0.4, 0.5) is 13.2 Å². The van der Waals surface area contributed by atoms with E-state index in [0.717, 1.165) is 17.7 Å². The molecule has 0 fully saturated rings. The van der Waals surface area contributed by atoms with Gasteiger partial charge in [0.15, 0.2) is 0 Å². The van der Waals surface area contributed by atoms with E-state index in [1.54, 1.807) is 12.1 Å². The highest BCUT2D eigenvalue weighted by Gasteiger charge is 2.30. The molecule has 2 aromatic carbocycles. The highest BCUT2D eigenvalue weighted by molar-refractivity contribution is 9.08. The van der Waals surface area contributed by atoms with E-state index in [9.17, 15) is 13.2 Å². The SMILES string of the molecule is COc1ccc(CBr)cc1-c1cccc(C(F)(F)F)c1. The molecule has 0 aliphatic heterocycles. The summed E-state index contributed by atoms with van der Waals surface area (Å²) in [5.74, 6) is 0.550. The van der Waals surface area contributed by atoms with Crippen LogP contribution in [0.3, 0.4) is 0 Å². The van der Waals surface area contributed by atoms with E-state index in [2.05, 4.69) is 15.9 Å². The molecule has 0 aromatic heterocycles. The minimum absolute atomic E-state index is 0.486. The standard InChI is InChI=1S/C15H12BrF3O/c1-20-14-6-5-10(9-16)7-13(14)11-3-2-4-12(8-11)15(17,18)19/h2-8H,9H2,1H3. The van der Waals surface area contributed by atoms with E-state index < -0.39 is 11.7 Å². The van der Waals surface area contributed by atoms with E-state index in [-0.39, 0.29) is 0 Å². The molecule has 20 heavy (non-hydrogen) atoms. The first-order valence-electron chi connectivity index (χ1n) is 5.86. The lowest BCUT2D eigenvalue weighted by atomic mass is 10.00. The fourth-order valence-corrected chi connectivity index (χ4v) is 2.28. The van der Waals surface area contributed by atoms with E-state index in [1.165, 1.54) is 13.2 Å². The van der Waals surface area contributed by atoms with Crippen LogP contribution in [0.25, 0.3) is 11.1 Å². The van der Waals surface area contributed by atoms with Crippen molar-refractivity contribution >= 4 is 15.9 Å². The zero-order valence-corrected chi connectivity index (χ0v) is 12.3. The summed E-state index contributed by atoms with van der Waals surface area (Å²) in [6.07, 6.45) is -4.35. The van der Waals surface area contributed by atoms with Gasteiger partial charge in [-0.2, -0.15) is 13.2 Å². The van der Waals surface area contributed by atoms with E-state index in [0.29, 0.717) is 22.2 Å². The van der Waals surface area contributed by atoms with Gasteiger partial charge >= 0.3 is 6.18 Å². The van der Waals surface area contributed by atoms with Gasteiger partial charge in [-0.1, -0.05) is 34.1 Å². The summed E-state index contributed by atoms with van der Waals surface area (Å²) in [5, 5.41) is 0.628. The van der Waals surface area contributed by atoms with E-state index >= 15 is 0 Å². The van der Waals surface area contributed by atoms with Crippen LogP contribution in [-0.2, 0) is 11.5 Å². The summed E-state index contributed by atoms with van der Waals surface area (Å²) >= 11 is 3.34. The Balaban J connectivity index is 2.55. The number of hydrogen-bond donors (Lipinski definition) is 0. The molecule has 2 aromatic rings. The molecule has 0 bridgehead atoms. The molecule has 1 nitrogen and oxygen atoms in total. The summed E-state index contributed by atoms with van der Waals surface area (Å²) in [4.78, 5) is 0. The number of hydrogen-bond acceptors (Lipinski definition) is 1. The predicted octanol–water partition coefficient (Wildman–Crippen LogP) is 5.28. The molecule has 0 aliphatic carbocycles. The predicted molar refractivity (Wildman–Crippen MR) is 76.1 cm³/mol. The third-order valence-corrected chi connectivity index (χ3v) is 3.57. The van der Waals surface area contributed by atoms with Crippen LogP contribution in [0, 0.1) is 0 Å². The molecule has 0 unspecified atom stereocenters. The smallest absolute Gasteiger partial charge is 0.416 e. The number of ether oxygens (including phenoxy) is 1. The van der Waals surface area contributed by atoms with Crippen LogP contribution in [0.1, 0.15) is 11.1 Å². The van der Waals surface area contributed by atoms with Crippen molar-refractivity contribution in [2.75, 3.05) is 7.11 Å². The molecule has 0 spiro atoms. The molecule has 0 N–H and O–H groups in total. The topological polar surface area (TPSA) is 9.23 Å². The van der Waals surface area contributed by atoms with Gasteiger partial charge in [-0.05, 0) is 35.4 Å². The lowest BCUT2D eigenvalue weighted by molar-refractivity contribution is -0.137. The maximum Gasteiger partial charge on any atom is 0.416 e. The number of benzene rings is 2. The van der Waals surface area contributed by atoms with Gasteiger partial charge in [0.25, 0.3) is 0 Å². The zero-order valence-electron chi connectivity index (χ0n) is 10.7.